The standard InChI is InChI=1S/C16H24N2O2/c1-4-7-8-13(17-5-2)12-9-10-14-15(11-12)20-16(19)18(14)6-3/h9-11,13,17H,4-8H2,1-3H3. The van der Waals surface area contributed by atoms with Gasteiger partial charge in [-0.25, -0.2) is 4.79 Å². The van der Waals surface area contributed by atoms with Crippen LogP contribution >= 0.6 is 0 Å². The maximum absolute atomic E-state index is 11.7. The van der Waals surface area contributed by atoms with Gasteiger partial charge in [-0.05, 0) is 37.6 Å². The third-order valence-electron chi connectivity index (χ3n) is 3.71. The molecule has 1 atom stereocenters. The van der Waals surface area contributed by atoms with Crippen molar-refractivity contribution >= 4 is 11.1 Å². The van der Waals surface area contributed by atoms with Gasteiger partial charge >= 0.3 is 5.76 Å². The first-order chi connectivity index (χ1) is 9.71. The van der Waals surface area contributed by atoms with Crippen molar-refractivity contribution in [2.75, 3.05) is 6.54 Å². The first-order valence-corrected chi connectivity index (χ1v) is 7.57. The summed E-state index contributed by atoms with van der Waals surface area (Å²) in [6, 6.07) is 6.44. The molecule has 20 heavy (non-hydrogen) atoms. The molecule has 1 heterocycles. The number of unbranched alkanes of at least 4 members (excludes halogenated alkanes) is 1. The second-order valence-electron chi connectivity index (χ2n) is 5.09. The molecule has 0 spiro atoms. The van der Waals surface area contributed by atoms with Gasteiger partial charge in [-0.3, -0.25) is 4.57 Å². The van der Waals surface area contributed by atoms with Gasteiger partial charge in [0, 0.05) is 12.6 Å². The Kier molecular flexibility index (Phi) is 5.01. The lowest BCUT2D eigenvalue weighted by Crippen LogP contribution is -2.20. The maximum Gasteiger partial charge on any atom is 0.419 e. The maximum atomic E-state index is 11.7. The topological polar surface area (TPSA) is 47.2 Å². The molecule has 1 unspecified atom stereocenters. The van der Waals surface area contributed by atoms with Crippen LogP contribution in [0, 0.1) is 0 Å². The van der Waals surface area contributed by atoms with Crippen molar-refractivity contribution in [1.29, 1.82) is 0 Å². The molecule has 0 aliphatic rings. The van der Waals surface area contributed by atoms with E-state index in [0.717, 1.165) is 18.5 Å². The summed E-state index contributed by atoms with van der Waals surface area (Å²) < 4.78 is 7.00. The van der Waals surface area contributed by atoms with Crippen molar-refractivity contribution in [2.45, 2.75) is 52.6 Å². The van der Waals surface area contributed by atoms with Gasteiger partial charge < -0.3 is 9.73 Å². The van der Waals surface area contributed by atoms with E-state index in [1.165, 1.54) is 18.4 Å². The van der Waals surface area contributed by atoms with Crippen LogP contribution in [-0.4, -0.2) is 11.1 Å². The lowest BCUT2D eigenvalue weighted by molar-refractivity contribution is 0.492. The number of aryl methyl sites for hydroxylation is 1. The minimum absolute atomic E-state index is 0.270. The molecule has 4 heteroatoms. The highest BCUT2D eigenvalue weighted by molar-refractivity contribution is 5.73. The molecule has 0 saturated heterocycles. The molecular formula is C16H24N2O2. The molecule has 2 aromatic rings. The number of oxazole rings is 1. The zero-order valence-corrected chi connectivity index (χ0v) is 12.6. The summed E-state index contributed by atoms with van der Waals surface area (Å²) >= 11 is 0. The Bertz CT molecular complexity index is 612. The number of benzene rings is 1. The summed E-state index contributed by atoms with van der Waals surface area (Å²) in [5.41, 5.74) is 2.77. The normalized spacial score (nSPS) is 12.9. The van der Waals surface area contributed by atoms with E-state index in [1.54, 1.807) is 4.57 Å². The third kappa shape index (κ3) is 2.96. The zero-order valence-electron chi connectivity index (χ0n) is 12.6. The zero-order chi connectivity index (χ0) is 14.5. The van der Waals surface area contributed by atoms with Crippen molar-refractivity contribution < 1.29 is 4.42 Å². The largest absolute Gasteiger partial charge is 0.419 e. The van der Waals surface area contributed by atoms with Crippen LogP contribution in [0.3, 0.4) is 0 Å². The summed E-state index contributed by atoms with van der Waals surface area (Å²) in [4.78, 5) is 11.7. The van der Waals surface area contributed by atoms with Gasteiger partial charge in [0.1, 0.15) is 0 Å². The van der Waals surface area contributed by atoms with Crippen molar-refractivity contribution in [3.8, 4) is 0 Å². The van der Waals surface area contributed by atoms with Crippen LogP contribution in [0.25, 0.3) is 11.1 Å². The van der Waals surface area contributed by atoms with Crippen LogP contribution < -0.4 is 11.1 Å². The summed E-state index contributed by atoms with van der Waals surface area (Å²) in [7, 11) is 0. The van der Waals surface area contributed by atoms with E-state index in [1.807, 2.05) is 19.1 Å². The van der Waals surface area contributed by atoms with Crippen LogP contribution in [0.2, 0.25) is 0 Å². The molecule has 0 saturated carbocycles. The highest BCUT2D eigenvalue weighted by atomic mass is 16.4. The highest BCUT2D eigenvalue weighted by Crippen LogP contribution is 2.23. The molecule has 0 bridgehead atoms. The van der Waals surface area contributed by atoms with Gasteiger partial charge in [-0.1, -0.05) is 32.8 Å². The average molecular weight is 276 g/mol. The molecule has 4 nitrogen and oxygen atoms in total. The number of nitrogens with one attached hydrogen (secondary N) is 1. The van der Waals surface area contributed by atoms with Gasteiger partial charge in [0.15, 0.2) is 5.58 Å². The Labute approximate surface area is 119 Å². The lowest BCUT2D eigenvalue weighted by Gasteiger charge is -2.18. The summed E-state index contributed by atoms with van der Waals surface area (Å²) in [6.07, 6.45) is 3.48. The molecule has 110 valence electrons. The predicted octanol–water partition coefficient (Wildman–Crippen LogP) is 3.46. The average Bonchev–Trinajstić information content (AvgIpc) is 2.77. The summed E-state index contributed by atoms with van der Waals surface area (Å²) in [5, 5.41) is 3.51. The Balaban J connectivity index is 2.36. The van der Waals surface area contributed by atoms with Gasteiger partial charge in [0.2, 0.25) is 0 Å². The molecule has 0 aliphatic heterocycles. The monoisotopic (exact) mass is 276 g/mol. The minimum Gasteiger partial charge on any atom is -0.408 e. The van der Waals surface area contributed by atoms with Crippen LogP contribution in [-0.2, 0) is 6.54 Å². The number of nitrogens with zero attached hydrogens (tertiary/aromatic N) is 1. The molecule has 0 radical (unpaired) electrons. The number of hydrogen-bond acceptors (Lipinski definition) is 3. The Morgan fingerprint density at radius 3 is 2.75 bits per heavy atom. The van der Waals surface area contributed by atoms with Crippen molar-refractivity contribution in [3.05, 3.63) is 34.3 Å². The minimum atomic E-state index is -0.270. The molecule has 1 aromatic heterocycles. The molecule has 2 rings (SSSR count). The highest BCUT2D eigenvalue weighted by Gasteiger charge is 2.13. The summed E-state index contributed by atoms with van der Waals surface area (Å²) in [5.74, 6) is -0.270. The summed E-state index contributed by atoms with van der Waals surface area (Å²) in [6.45, 7) is 7.84. The van der Waals surface area contributed by atoms with E-state index < -0.39 is 0 Å². The van der Waals surface area contributed by atoms with Crippen LogP contribution in [0.4, 0.5) is 0 Å². The van der Waals surface area contributed by atoms with Crippen LogP contribution in [0.15, 0.2) is 27.4 Å². The number of hydrogen-bond donors (Lipinski definition) is 1. The van der Waals surface area contributed by atoms with Gasteiger partial charge in [0.05, 0.1) is 5.52 Å². The van der Waals surface area contributed by atoms with E-state index in [2.05, 4.69) is 25.2 Å². The molecular weight excluding hydrogens is 252 g/mol. The first kappa shape index (κ1) is 14.9. The van der Waals surface area contributed by atoms with Crippen molar-refractivity contribution in [2.24, 2.45) is 0 Å². The molecule has 1 aromatic carbocycles. The smallest absolute Gasteiger partial charge is 0.408 e. The fourth-order valence-corrected chi connectivity index (χ4v) is 2.64. The van der Waals surface area contributed by atoms with E-state index in [-0.39, 0.29) is 5.76 Å². The predicted molar refractivity (Wildman–Crippen MR) is 82.1 cm³/mol. The quantitative estimate of drug-likeness (QED) is 0.842. The molecule has 0 aliphatic carbocycles. The van der Waals surface area contributed by atoms with Gasteiger partial charge in [-0.2, -0.15) is 0 Å². The van der Waals surface area contributed by atoms with E-state index in [9.17, 15) is 4.79 Å². The third-order valence-corrected chi connectivity index (χ3v) is 3.71. The lowest BCUT2D eigenvalue weighted by atomic mass is 10.0. The van der Waals surface area contributed by atoms with E-state index in [4.69, 9.17) is 4.42 Å². The first-order valence-electron chi connectivity index (χ1n) is 7.57. The number of rotatable bonds is 7. The van der Waals surface area contributed by atoms with E-state index >= 15 is 0 Å². The van der Waals surface area contributed by atoms with E-state index in [0.29, 0.717) is 18.2 Å². The fraction of sp³-hybridized carbons (Fsp3) is 0.562. The Morgan fingerprint density at radius 1 is 1.30 bits per heavy atom. The second kappa shape index (κ2) is 6.75. The molecule has 0 amide bonds. The fourth-order valence-electron chi connectivity index (χ4n) is 2.64. The van der Waals surface area contributed by atoms with Crippen molar-refractivity contribution in [3.63, 3.8) is 0 Å². The Morgan fingerprint density at radius 2 is 2.10 bits per heavy atom. The molecule has 1 N–H and O–H groups in total. The Hall–Kier alpha value is -1.55. The second-order valence-corrected chi connectivity index (χ2v) is 5.09. The number of fused-ring (bicyclic) bond motifs is 1. The SMILES string of the molecule is CCCCC(NCC)c1ccc2c(c1)oc(=O)n2CC. The number of aromatic nitrogens is 1. The van der Waals surface area contributed by atoms with Gasteiger partial charge in [-0.15, -0.1) is 0 Å². The molecule has 0 fully saturated rings. The van der Waals surface area contributed by atoms with Gasteiger partial charge in [0.25, 0.3) is 0 Å². The van der Waals surface area contributed by atoms with Crippen molar-refractivity contribution in [1.82, 2.24) is 9.88 Å². The van der Waals surface area contributed by atoms with Crippen LogP contribution in [0.1, 0.15) is 51.6 Å². The van der Waals surface area contributed by atoms with Crippen LogP contribution in [0.5, 0.6) is 0 Å².